The van der Waals surface area contributed by atoms with Crippen LogP contribution in [0.25, 0.3) is 0 Å². The Bertz CT molecular complexity index is 711. The first-order chi connectivity index (χ1) is 12.2. The Morgan fingerprint density at radius 1 is 1.24 bits per heavy atom. The molecular weight excluding hydrogens is 321 g/mol. The molecule has 1 aliphatic heterocycles. The lowest BCUT2D eigenvalue weighted by atomic mass is 10.0. The van der Waals surface area contributed by atoms with Gasteiger partial charge in [-0.2, -0.15) is 0 Å². The highest BCUT2D eigenvalue weighted by Crippen LogP contribution is 2.19. The summed E-state index contributed by atoms with van der Waals surface area (Å²) < 4.78 is 13.7. The van der Waals surface area contributed by atoms with Crippen LogP contribution in [-0.2, 0) is 17.8 Å². The van der Waals surface area contributed by atoms with Crippen LogP contribution in [0.2, 0.25) is 0 Å². The molecule has 1 aromatic heterocycles. The summed E-state index contributed by atoms with van der Waals surface area (Å²) in [6, 6.07) is 11.9. The number of hydrogen-bond donors (Lipinski definition) is 2. The highest BCUT2D eigenvalue weighted by molar-refractivity contribution is 5.79. The summed E-state index contributed by atoms with van der Waals surface area (Å²) in [7, 11) is 0. The number of halogens is 1. The number of carbonyl (C=O) groups is 1. The Morgan fingerprint density at radius 3 is 2.76 bits per heavy atom. The third-order valence-electron chi connectivity index (χ3n) is 4.52. The van der Waals surface area contributed by atoms with Crippen LogP contribution in [-0.4, -0.2) is 46.6 Å². The molecule has 1 aliphatic rings. The Balaban J connectivity index is 1.57. The number of aromatic nitrogens is 1. The van der Waals surface area contributed by atoms with Crippen molar-refractivity contribution in [2.45, 2.75) is 19.0 Å². The lowest BCUT2D eigenvalue weighted by Crippen LogP contribution is -2.42. The van der Waals surface area contributed by atoms with Gasteiger partial charge >= 0.3 is 0 Å². The maximum absolute atomic E-state index is 13.7. The number of aliphatic hydroxyl groups is 1. The Kier molecular flexibility index (Phi) is 5.73. The number of aliphatic hydroxyl groups excluding tert-OH is 1. The first-order valence-electron chi connectivity index (χ1n) is 8.41. The molecule has 1 saturated heterocycles. The van der Waals surface area contributed by atoms with E-state index in [0.29, 0.717) is 25.2 Å². The van der Waals surface area contributed by atoms with Crippen molar-refractivity contribution in [3.8, 4) is 0 Å². The molecule has 0 aliphatic carbocycles. The van der Waals surface area contributed by atoms with E-state index in [0.717, 1.165) is 5.69 Å². The maximum Gasteiger partial charge on any atom is 0.224 e. The van der Waals surface area contributed by atoms with Gasteiger partial charge in [0.2, 0.25) is 5.91 Å². The van der Waals surface area contributed by atoms with Crippen molar-refractivity contribution in [2.75, 3.05) is 19.7 Å². The van der Waals surface area contributed by atoms with Crippen molar-refractivity contribution in [1.82, 2.24) is 15.2 Å². The number of benzene rings is 1. The standard InChI is InChI=1S/C19H22FN3O2/c20-17-7-2-1-5-14(17)9-19(25)22-18-12-23(10-15(18)13-24)11-16-6-3-4-8-21-16/h1-8,15,18,24H,9-13H2,(H,22,25)/t15-,18+/m0/s1. The molecule has 5 nitrogen and oxygen atoms in total. The van der Waals surface area contributed by atoms with Gasteiger partial charge in [0.1, 0.15) is 5.82 Å². The fourth-order valence-electron chi connectivity index (χ4n) is 3.23. The minimum Gasteiger partial charge on any atom is -0.396 e. The minimum absolute atomic E-state index is 0.00155. The predicted octanol–water partition coefficient (Wildman–Crippen LogP) is 1.37. The molecule has 3 rings (SSSR count). The van der Waals surface area contributed by atoms with E-state index in [9.17, 15) is 14.3 Å². The van der Waals surface area contributed by atoms with Crippen LogP contribution in [0, 0.1) is 11.7 Å². The molecule has 1 amide bonds. The molecule has 25 heavy (non-hydrogen) atoms. The van der Waals surface area contributed by atoms with Crippen LogP contribution < -0.4 is 5.32 Å². The van der Waals surface area contributed by atoms with Gasteiger partial charge in [-0.25, -0.2) is 4.39 Å². The average molecular weight is 343 g/mol. The van der Waals surface area contributed by atoms with Crippen molar-refractivity contribution in [3.63, 3.8) is 0 Å². The van der Waals surface area contributed by atoms with Gasteiger partial charge in [-0.3, -0.25) is 14.7 Å². The van der Waals surface area contributed by atoms with Crippen molar-refractivity contribution in [1.29, 1.82) is 0 Å². The normalized spacial score (nSPS) is 20.6. The number of nitrogens with zero attached hydrogens (tertiary/aromatic N) is 2. The fraction of sp³-hybridized carbons (Fsp3) is 0.368. The van der Waals surface area contributed by atoms with Crippen molar-refractivity contribution in [2.24, 2.45) is 5.92 Å². The van der Waals surface area contributed by atoms with E-state index >= 15 is 0 Å². The Labute approximate surface area is 146 Å². The zero-order valence-electron chi connectivity index (χ0n) is 13.9. The third-order valence-corrected chi connectivity index (χ3v) is 4.52. The topological polar surface area (TPSA) is 65.5 Å². The first kappa shape index (κ1) is 17.5. The summed E-state index contributed by atoms with van der Waals surface area (Å²) in [6.07, 6.45) is 1.75. The van der Waals surface area contributed by atoms with Crippen LogP contribution in [0.5, 0.6) is 0 Å². The van der Waals surface area contributed by atoms with Gasteiger partial charge in [-0.05, 0) is 23.8 Å². The molecule has 2 atom stereocenters. The molecular formula is C19H22FN3O2. The molecule has 2 aromatic rings. The summed E-state index contributed by atoms with van der Waals surface area (Å²) in [6.45, 7) is 2.02. The predicted molar refractivity (Wildman–Crippen MR) is 92.1 cm³/mol. The number of nitrogens with one attached hydrogen (secondary N) is 1. The van der Waals surface area contributed by atoms with Crippen molar-refractivity contribution < 1.29 is 14.3 Å². The molecule has 2 N–H and O–H groups in total. The van der Waals surface area contributed by atoms with Gasteiger partial charge in [0, 0.05) is 44.4 Å². The van der Waals surface area contributed by atoms with E-state index < -0.39 is 0 Å². The highest BCUT2D eigenvalue weighted by atomic mass is 19.1. The van der Waals surface area contributed by atoms with E-state index in [1.807, 2.05) is 18.2 Å². The van der Waals surface area contributed by atoms with Crippen molar-refractivity contribution in [3.05, 3.63) is 65.7 Å². The molecule has 1 fully saturated rings. The van der Waals surface area contributed by atoms with Gasteiger partial charge in [0.25, 0.3) is 0 Å². The molecule has 0 radical (unpaired) electrons. The zero-order valence-corrected chi connectivity index (χ0v) is 13.9. The number of rotatable bonds is 6. The van der Waals surface area contributed by atoms with Gasteiger partial charge < -0.3 is 10.4 Å². The second-order valence-corrected chi connectivity index (χ2v) is 6.40. The van der Waals surface area contributed by atoms with Crippen LogP contribution in [0.1, 0.15) is 11.3 Å². The average Bonchev–Trinajstić information content (AvgIpc) is 2.99. The van der Waals surface area contributed by atoms with E-state index in [1.165, 1.54) is 6.07 Å². The Hall–Kier alpha value is -2.31. The molecule has 2 heterocycles. The molecule has 0 unspecified atom stereocenters. The van der Waals surface area contributed by atoms with Crippen LogP contribution >= 0.6 is 0 Å². The van der Waals surface area contributed by atoms with Gasteiger partial charge in [0.05, 0.1) is 12.1 Å². The molecule has 6 heteroatoms. The lowest BCUT2D eigenvalue weighted by molar-refractivity contribution is -0.121. The SMILES string of the molecule is O=C(Cc1ccccc1F)N[C@@H]1CN(Cc2ccccn2)C[C@H]1CO. The summed E-state index contributed by atoms with van der Waals surface area (Å²) in [5.41, 5.74) is 1.33. The monoisotopic (exact) mass is 343 g/mol. The summed E-state index contributed by atoms with van der Waals surface area (Å²) >= 11 is 0. The number of likely N-dealkylation sites (tertiary alicyclic amines) is 1. The number of pyridine rings is 1. The smallest absolute Gasteiger partial charge is 0.224 e. The number of amides is 1. The maximum atomic E-state index is 13.7. The summed E-state index contributed by atoms with van der Waals surface area (Å²) in [5, 5.41) is 12.6. The summed E-state index contributed by atoms with van der Waals surface area (Å²) in [4.78, 5) is 18.7. The largest absolute Gasteiger partial charge is 0.396 e. The molecule has 0 saturated carbocycles. The minimum atomic E-state index is -0.375. The van der Waals surface area contributed by atoms with Gasteiger partial charge in [0.15, 0.2) is 0 Å². The summed E-state index contributed by atoms with van der Waals surface area (Å²) in [5.74, 6) is -0.638. The molecule has 132 valence electrons. The second kappa shape index (κ2) is 8.18. The van der Waals surface area contributed by atoms with Crippen LogP contribution in [0.3, 0.4) is 0 Å². The van der Waals surface area contributed by atoms with E-state index in [2.05, 4.69) is 15.2 Å². The van der Waals surface area contributed by atoms with E-state index in [4.69, 9.17) is 0 Å². The highest BCUT2D eigenvalue weighted by Gasteiger charge is 2.33. The van der Waals surface area contributed by atoms with Gasteiger partial charge in [-0.1, -0.05) is 24.3 Å². The van der Waals surface area contributed by atoms with Crippen molar-refractivity contribution >= 4 is 5.91 Å². The van der Waals surface area contributed by atoms with E-state index in [-0.39, 0.29) is 36.7 Å². The quantitative estimate of drug-likeness (QED) is 0.832. The van der Waals surface area contributed by atoms with Crippen LogP contribution in [0.4, 0.5) is 4.39 Å². The van der Waals surface area contributed by atoms with E-state index in [1.54, 1.807) is 24.4 Å². The Morgan fingerprint density at radius 2 is 2.04 bits per heavy atom. The second-order valence-electron chi connectivity index (χ2n) is 6.40. The fourth-order valence-corrected chi connectivity index (χ4v) is 3.23. The molecule has 0 spiro atoms. The lowest BCUT2D eigenvalue weighted by Gasteiger charge is -2.18. The first-order valence-corrected chi connectivity index (χ1v) is 8.41. The number of hydrogen-bond acceptors (Lipinski definition) is 4. The number of carbonyl (C=O) groups excluding carboxylic acids is 1. The third kappa shape index (κ3) is 4.61. The molecule has 1 aromatic carbocycles. The van der Waals surface area contributed by atoms with Crippen LogP contribution in [0.15, 0.2) is 48.7 Å². The molecule has 0 bridgehead atoms. The zero-order chi connectivity index (χ0) is 17.6. The van der Waals surface area contributed by atoms with Gasteiger partial charge in [-0.15, -0.1) is 0 Å².